The van der Waals surface area contributed by atoms with E-state index >= 15 is 0 Å². The Labute approximate surface area is 163 Å². The quantitative estimate of drug-likeness (QED) is 0.673. The minimum absolute atomic E-state index is 0.225. The van der Waals surface area contributed by atoms with Crippen molar-refractivity contribution in [3.05, 3.63) is 53.9 Å². The minimum atomic E-state index is -0.323. The third-order valence-electron chi connectivity index (χ3n) is 4.27. The second kappa shape index (κ2) is 8.55. The SMILES string of the molecule is CCC(NC(=O)N(C)Cc1cnn(-c2cccc(OC)c2)c1)c1nc(C)no1. The maximum Gasteiger partial charge on any atom is 0.318 e. The van der Waals surface area contributed by atoms with E-state index in [0.29, 0.717) is 24.7 Å². The first-order valence-electron chi connectivity index (χ1n) is 9.00. The molecule has 2 amide bonds. The van der Waals surface area contributed by atoms with Crippen LogP contribution in [0.3, 0.4) is 0 Å². The van der Waals surface area contributed by atoms with Gasteiger partial charge in [-0.1, -0.05) is 18.1 Å². The number of nitrogens with one attached hydrogen (secondary N) is 1. The number of aromatic nitrogens is 4. The van der Waals surface area contributed by atoms with Crippen LogP contribution in [0.2, 0.25) is 0 Å². The molecule has 0 radical (unpaired) electrons. The fraction of sp³-hybridized carbons (Fsp3) is 0.368. The third kappa shape index (κ3) is 4.48. The largest absolute Gasteiger partial charge is 0.497 e. The van der Waals surface area contributed by atoms with Crippen molar-refractivity contribution in [2.75, 3.05) is 14.2 Å². The molecule has 0 aliphatic heterocycles. The Bertz CT molecular complexity index is 935. The number of amides is 2. The van der Waals surface area contributed by atoms with Crippen molar-refractivity contribution in [3.8, 4) is 11.4 Å². The summed E-state index contributed by atoms with van der Waals surface area (Å²) >= 11 is 0. The zero-order chi connectivity index (χ0) is 20.1. The number of hydrogen-bond acceptors (Lipinski definition) is 6. The molecule has 3 aromatic rings. The molecule has 0 aliphatic rings. The van der Waals surface area contributed by atoms with Crippen LogP contribution in [-0.2, 0) is 6.54 Å². The molecule has 3 rings (SSSR count). The molecule has 1 unspecified atom stereocenters. The summed E-state index contributed by atoms with van der Waals surface area (Å²) in [7, 11) is 3.35. The van der Waals surface area contributed by atoms with Gasteiger partial charge >= 0.3 is 6.03 Å². The summed E-state index contributed by atoms with van der Waals surface area (Å²) in [5, 5.41) is 11.1. The van der Waals surface area contributed by atoms with Crippen LogP contribution in [0.15, 0.2) is 41.2 Å². The average molecular weight is 384 g/mol. The lowest BCUT2D eigenvalue weighted by atomic mass is 10.2. The fourth-order valence-electron chi connectivity index (χ4n) is 2.73. The molecule has 148 valence electrons. The second-order valence-electron chi connectivity index (χ2n) is 6.44. The first-order valence-corrected chi connectivity index (χ1v) is 9.00. The predicted molar refractivity (Wildman–Crippen MR) is 102 cm³/mol. The number of rotatable bonds is 7. The van der Waals surface area contributed by atoms with Gasteiger partial charge in [-0.15, -0.1) is 0 Å². The highest BCUT2D eigenvalue weighted by Crippen LogP contribution is 2.17. The Hall–Kier alpha value is -3.36. The standard InChI is InChI=1S/C19H24N6O3/c1-5-17(18-21-13(2)23-28-18)22-19(26)24(3)11-14-10-20-25(12-14)15-7-6-8-16(9-15)27-4/h6-10,12,17H,5,11H2,1-4H3,(H,22,26). The van der Waals surface area contributed by atoms with Crippen molar-refractivity contribution in [2.45, 2.75) is 32.9 Å². The molecule has 0 saturated carbocycles. The Balaban J connectivity index is 1.63. The topological polar surface area (TPSA) is 98.3 Å². The van der Waals surface area contributed by atoms with Crippen LogP contribution in [0.4, 0.5) is 4.79 Å². The van der Waals surface area contributed by atoms with E-state index in [0.717, 1.165) is 17.0 Å². The number of hydrogen-bond donors (Lipinski definition) is 1. The van der Waals surface area contributed by atoms with Crippen LogP contribution in [0.5, 0.6) is 5.75 Å². The van der Waals surface area contributed by atoms with Gasteiger partial charge in [0.05, 0.1) is 25.5 Å². The van der Waals surface area contributed by atoms with Gasteiger partial charge in [0.2, 0.25) is 5.89 Å². The van der Waals surface area contributed by atoms with Crippen molar-refractivity contribution in [1.82, 2.24) is 30.1 Å². The first kappa shape index (κ1) is 19.4. The van der Waals surface area contributed by atoms with Crippen molar-refractivity contribution in [1.29, 1.82) is 0 Å². The summed E-state index contributed by atoms with van der Waals surface area (Å²) in [6.45, 7) is 4.10. The minimum Gasteiger partial charge on any atom is -0.497 e. The number of urea groups is 1. The number of carbonyl (C=O) groups excluding carboxylic acids is 1. The fourth-order valence-corrected chi connectivity index (χ4v) is 2.73. The molecule has 0 saturated heterocycles. The summed E-state index contributed by atoms with van der Waals surface area (Å²) in [6.07, 6.45) is 4.27. The van der Waals surface area contributed by atoms with Gasteiger partial charge in [0.15, 0.2) is 5.82 Å². The molecule has 1 atom stereocenters. The van der Waals surface area contributed by atoms with Crippen LogP contribution in [0.1, 0.15) is 36.7 Å². The monoisotopic (exact) mass is 384 g/mol. The zero-order valence-corrected chi connectivity index (χ0v) is 16.4. The van der Waals surface area contributed by atoms with Gasteiger partial charge in [-0.05, 0) is 25.5 Å². The van der Waals surface area contributed by atoms with E-state index in [1.54, 1.807) is 36.9 Å². The third-order valence-corrected chi connectivity index (χ3v) is 4.27. The molecular formula is C19H24N6O3. The van der Waals surface area contributed by atoms with E-state index in [4.69, 9.17) is 9.26 Å². The molecular weight excluding hydrogens is 360 g/mol. The van der Waals surface area contributed by atoms with E-state index in [1.165, 1.54) is 0 Å². The smallest absolute Gasteiger partial charge is 0.318 e. The molecule has 2 heterocycles. The summed E-state index contributed by atoms with van der Waals surface area (Å²) in [5.41, 5.74) is 1.79. The summed E-state index contributed by atoms with van der Waals surface area (Å²) < 4.78 is 12.2. The van der Waals surface area contributed by atoms with E-state index in [9.17, 15) is 4.79 Å². The van der Waals surface area contributed by atoms with Crippen LogP contribution in [0.25, 0.3) is 5.69 Å². The number of aryl methyl sites for hydroxylation is 1. The van der Waals surface area contributed by atoms with Gasteiger partial charge in [-0.3, -0.25) is 0 Å². The lowest BCUT2D eigenvalue weighted by Crippen LogP contribution is -2.38. The number of nitrogens with zero attached hydrogens (tertiary/aromatic N) is 5. The Morgan fingerprint density at radius 2 is 2.25 bits per heavy atom. The normalized spacial score (nSPS) is 11.9. The van der Waals surface area contributed by atoms with E-state index in [1.807, 2.05) is 37.4 Å². The Morgan fingerprint density at radius 1 is 1.43 bits per heavy atom. The highest BCUT2D eigenvalue weighted by molar-refractivity contribution is 5.74. The van der Waals surface area contributed by atoms with Crippen molar-refractivity contribution >= 4 is 6.03 Å². The van der Waals surface area contributed by atoms with Gasteiger partial charge in [0.1, 0.15) is 11.8 Å². The lowest BCUT2D eigenvalue weighted by molar-refractivity contribution is 0.198. The maximum absolute atomic E-state index is 12.5. The molecule has 0 spiro atoms. The Morgan fingerprint density at radius 3 is 2.93 bits per heavy atom. The van der Waals surface area contributed by atoms with Crippen LogP contribution in [0, 0.1) is 6.92 Å². The Kier molecular flexibility index (Phi) is 5.93. The lowest BCUT2D eigenvalue weighted by Gasteiger charge is -2.20. The van der Waals surface area contributed by atoms with Gasteiger partial charge < -0.3 is 19.5 Å². The molecule has 1 N–H and O–H groups in total. The predicted octanol–water partition coefficient (Wildman–Crippen LogP) is 2.87. The van der Waals surface area contributed by atoms with Gasteiger partial charge in [0, 0.05) is 24.9 Å². The molecule has 9 heteroatoms. The maximum atomic E-state index is 12.5. The van der Waals surface area contributed by atoms with Crippen LogP contribution in [-0.4, -0.2) is 45.0 Å². The summed E-state index contributed by atoms with van der Waals surface area (Å²) in [6, 6.07) is 7.06. The van der Waals surface area contributed by atoms with E-state index < -0.39 is 0 Å². The van der Waals surface area contributed by atoms with Gasteiger partial charge in [-0.25, -0.2) is 9.48 Å². The van der Waals surface area contributed by atoms with E-state index in [2.05, 4.69) is 20.6 Å². The average Bonchev–Trinajstić information content (AvgIpc) is 3.35. The molecule has 0 fully saturated rings. The van der Waals surface area contributed by atoms with Crippen molar-refractivity contribution in [2.24, 2.45) is 0 Å². The van der Waals surface area contributed by atoms with Crippen LogP contribution >= 0.6 is 0 Å². The highest BCUT2D eigenvalue weighted by atomic mass is 16.5. The van der Waals surface area contributed by atoms with Gasteiger partial charge in [0.25, 0.3) is 0 Å². The first-order chi connectivity index (χ1) is 13.5. The second-order valence-corrected chi connectivity index (χ2v) is 6.44. The number of ether oxygens (including phenoxy) is 1. The highest BCUT2D eigenvalue weighted by Gasteiger charge is 2.21. The molecule has 9 nitrogen and oxygen atoms in total. The number of carbonyl (C=O) groups is 1. The zero-order valence-electron chi connectivity index (χ0n) is 16.4. The molecule has 0 aliphatic carbocycles. The number of benzene rings is 1. The summed E-state index contributed by atoms with van der Waals surface area (Å²) in [5.74, 6) is 1.71. The molecule has 28 heavy (non-hydrogen) atoms. The van der Waals surface area contributed by atoms with Crippen molar-refractivity contribution in [3.63, 3.8) is 0 Å². The van der Waals surface area contributed by atoms with Crippen molar-refractivity contribution < 1.29 is 14.1 Å². The number of methoxy groups -OCH3 is 1. The van der Waals surface area contributed by atoms with Gasteiger partial charge in [-0.2, -0.15) is 10.1 Å². The molecule has 0 bridgehead atoms. The summed E-state index contributed by atoms with van der Waals surface area (Å²) in [4.78, 5) is 18.3. The molecule has 2 aromatic heterocycles. The molecule has 1 aromatic carbocycles. The van der Waals surface area contributed by atoms with Crippen LogP contribution < -0.4 is 10.1 Å². The van der Waals surface area contributed by atoms with E-state index in [-0.39, 0.29) is 12.1 Å².